The van der Waals surface area contributed by atoms with Crippen LogP contribution in [-0.4, -0.2) is 72.3 Å². The number of alkyl carbamates (subject to hydrolysis) is 1. The summed E-state index contributed by atoms with van der Waals surface area (Å²) >= 11 is 0. The number of esters is 1. The summed E-state index contributed by atoms with van der Waals surface area (Å²) in [6, 6.07) is 4.59. The van der Waals surface area contributed by atoms with E-state index >= 15 is 0 Å². The number of nitrogens with zero attached hydrogens (tertiary/aromatic N) is 1. The predicted octanol–water partition coefficient (Wildman–Crippen LogP) is 1.45. The number of nitrogens with one attached hydrogen (secondary N) is 2. The van der Waals surface area contributed by atoms with Gasteiger partial charge in [0.1, 0.15) is 24.2 Å². The number of aliphatic hydroxyl groups is 1. The van der Waals surface area contributed by atoms with Crippen LogP contribution in [0, 0.1) is 6.92 Å². The van der Waals surface area contributed by atoms with Crippen LogP contribution in [-0.2, 0) is 23.9 Å². The van der Waals surface area contributed by atoms with Gasteiger partial charge in [-0.3, -0.25) is 14.4 Å². The van der Waals surface area contributed by atoms with Gasteiger partial charge in [-0.1, -0.05) is 36.8 Å². The van der Waals surface area contributed by atoms with Crippen LogP contribution in [0.4, 0.5) is 4.79 Å². The summed E-state index contributed by atoms with van der Waals surface area (Å²) in [6.07, 6.45) is -0.364. The van der Waals surface area contributed by atoms with Crippen LogP contribution >= 0.6 is 0 Å². The van der Waals surface area contributed by atoms with Gasteiger partial charge in [0.15, 0.2) is 0 Å². The Labute approximate surface area is 194 Å². The molecule has 1 aromatic rings. The maximum absolute atomic E-state index is 13.4. The lowest BCUT2D eigenvalue weighted by Gasteiger charge is -2.34. The monoisotopic (exact) mass is 465 g/mol. The van der Waals surface area contributed by atoms with Crippen molar-refractivity contribution in [3.63, 3.8) is 0 Å². The SMILES string of the molecule is CCCN(C(=O)C(CO)NC(=O)OC(C)(C)C)C(C(=O)NCC(=O)OC)c1ccc(C)cc1. The standard InChI is InChI=1S/C23H35N3O7/c1-7-12-26(21(30)17(14-27)25-22(31)33-23(3,4)5)19(16-10-8-15(2)9-11-16)20(29)24-13-18(28)32-6/h8-11,17,19,27H,7,12-14H2,1-6H3,(H,24,29)(H,25,31). The molecule has 33 heavy (non-hydrogen) atoms. The molecule has 0 fully saturated rings. The van der Waals surface area contributed by atoms with Gasteiger partial charge in [-0.15, -0.1) is 0 Å². The van der Waals surface area contributed by atoms with Crippen molar-refractivity contribution >= 4 is 23.9 Å². The van der Waals surface area contributed by atoms with E-state index in [4.69, 9.17) is 4.74 Å². The Balaban J connectivity index is 3.28. The molecule has 0 radical (unpaired) electrons. The molecule has 3 N–H and O–H groups in total. The summed E-state index contributed by atoms with van der Waals surface area (Å²) in [5.41, 5.74) is 0.674. The average Bonchev–Trinajstić information content (AvgIpc) is 2.74. The highest BCUT2D eigenvalue weighted by molar-refractivity contribution is 5.93. The first-order chi connectivity index (χ1) is 15.4. The Morgan fingerprint density at radius 3 is 2.21 bits per heavy atom. The van der Waals surface area contributed by atoms with E-state index < -0.39 is 48.2 Å². The average molecular weight is 466 g/mol. The minimum atomic E-state index is -1.33. The zero-order valence-electron chi connectivity index (χ0n) is 20.1. The molecule has 2 atom stereocenters. The fourth-order valence-corrected chi connectivity index (χ4v) is 2.99. The number of ether oxygens (including phenoxy) is 2. The number of carbonyl (C=O) groups is 4. The van der Waals surface area contributed by atoms with Gasteiger partial charge in [-0.2, -0.15) is 0 Å². The largest absolute Gasteiger partial charge is 0.468 e. The first-order valence-corrected chi connectivity index (χ1v) is 10.7. The molecule has 0 heterocycles. The minimum Gasteiger partial charge on any atom is -0.468 e. The van der Waals surface area contributed by atoms with Crippen LogP contribution in [0.1, 0.15) is 51.3 Å². The van der Waals surface area contributed by atoms with Crippen molar-refractivity contribution in [1.82, 2.24) is 15.5 Å². The smallest absolute Gasteiger partial charge is 0.408 e. The summed E-state index contributed by atoms with van der Waals surface area (Å²) in [7, 11) is 1.20. The Hall–Kier alpha value is -3.14. The quantitative estimate of drug-likeness (QED) is 0.445. The second-order valence-electron chi connectivity index (χ2n) is 8.52. The number of aryl methyl sites for hydroxylation is 1. The molecule has 0 bridgehead atoms. The normalized spacial score (nSPS) is 12.8. The Morgan fingerprint density at radius 1 is 1.12 bits per heavy atom. The van der Waals surface area contributed by atoms with Gasteiger partial charge in [0.05, 0.1) is 13.7 Å². The van der Waals surface area contributed by atoms with E-state index in [2.05, 4.69) is 15.4 Å². The van der Waals surface area contributed by atoms with Crippen LogP contribution in [0.15, 0.2) is 24.3 Å². The lowest BCUT2D eigenvalue weighted by atomic mass is 10.0. The maximum atomic E-state index is 13.4. The third-order valence-corrected chi connectivity index (χ3v) is 4.51. The van der Waals surface area contributed by atoms with Crippen molar-refractivity contribution < 1.29 is 33.8 Å². The van der Waals surface area contributed by atoms with Gasteiger partial charge in [0.2, 0.25) is 11.8 Å². The van der Waals surface area contributed by atoms with Gasteiger partial charge < -0.3 is 30.1 Å². The summed E-state index contributed by atoms with van der Waals surface area (Å²) in [4.78, 5) is 51.5. The summed E-state index contributed by atoms with van der Waals surface area (Å²) in [5, 5.41) is 14.7. The van der Waals surface area contributed by atoms with Gasteiger partial charge in [-0.25, -0.2) is 4.79 Å². The van der Waals surface area contributed by atoms with Crippen molar-refractivity contribution in [2.45, 2.75) is 58.7 Å². The molecule has 0 aliphatic carbocycles. The van der Waals surface area contributed by atoms with Crippen molar-refractivity contribution in [1.29, 1.82) is 0 Å². The van der Waals surface area contributed by atoms with Gasteiger partial charge >= 0.3 is 12.1 Å². The third-order valence-electron chi connectivity index (χ3n) is 4.51. The first-order valence-electron chi connectivity index (χ1n) is 10.7. The van der Waals surface area contributed by atoms with Crippen LogP contribution in [0.2, 0.25) is 0 Å². The molecule has 2 unspecified atom stereocenters. The van der Waals surface area contributed by atoms with Crippen LogP contribution in [0.25, 0.3) is 0 Å². The Morgan fingerprint density at radius 2 is 1.73 bits per heavy atom. The highest BCUT2D eigenvalue weighted by atomic mass is 16.6. The predicted molar refractivity (Wildman–Crippen MR) is 121 cm³/mol. The van der Waals surface area contributed by atoms with E-state index in [1.54, 1.807) is 45.0 Å². The summed E-state index contributed by atoms with van der Waals surface area (Å²) < 4.78 is 9.75. The number of carbonyl (C=O) groups excluding carboxylic acids is 4. The zero-order chi connectivity index (χ0) is 25.2. The van der Waals surface area contributed by atoms with Crippen molar-refractivity contribution in [3.05, 3.63) is 35.4 Å². The molecule has 0 aliphatic rings. The summed E-state index contributed by atoms with van der Waals surface area (Å²) in [5.74, 6) is -1.90. The third kappa shape index (κ3) is 9.09. The molecular weight excluding hydrogens is 430 g/mol. The highest BCUT2D eigenvalue weighted by Gasteiger charge is 2.35. The molecule has 0 aromatic heterocycles. The molecule has 3 amide bonds. The van der Waals surface area contributed by atoms with E-state index in [0.29, 0.717) is 12.0 Å². The van der Waals surface area contributed by atoms with Gasteiger partial charge in [0.25, 0.3) is 0 Å². The van der Waals surface area contributed by atoms with E-state index in [9.17, 15) is 24.3 Å². The molecule has 0 spiro atoms. The summed E-state index contributed by atoms with van der Waals surface area (Å²) in [6.45, 7) is 7.83. The molecule has 1 rings (SSSR count). The number of hydrogen-bond donors (Lipinski definition) is 3. The topological polar surface area (TPSA) is 134 Å². The molecule has 184 valence electrons. The number of benzene rings is 1. The Kier molecular flexibility index (Phi) is 10.8. The second kappa shape index (κ2) is 12.8. The van der Waals surface area contributed by atoms with E-state index in [1.807, 2.05) is 13.8 Å². The highest BCUT2D eigenvalue weighted by Crippen LogP contribution is 2.23. The van der Waals surface area contributed by atoms with Crippen molar-refractivity contribution in [2.24, 2.45) is 0 Å². The fourth-order valence-electron chi connectivity index (χ4n) is 2.99. The van der Waals surface area contributed by atoms with Crippen molar-refractivity contribution in [2.75, 3.05) is 26.8 Å². The molecule has 0 aliphatic heterocycles. The molecule has 10 nitrogen and oxygen atoms in total. The number of methoxy groups -OCH3 is 1. The number of rotatable bonds is 10. The number of aliphatic hydroxyl groups excluding tert-OH is 1. The van der Waals surface area contributed by atoms with Crippen molar-refractivity contribution in [3.8, 4) is 0 Å². The number of hydrogen-bond acceptors (Lipinski definition) is 7. The van der Waals surface area contributed by atoms with Crippen LogP contribution in [0.3, 0.4) is 0 Å². The van der Waals surface area contributed by atoms with Gasteiger partial charge in [0, 0.05) is 6.54 Å². The number of amides is 3. The van der Waals surface area contributed by atoms with E-state index in [0.717, 1.165) is 5.56 Å². The molecule has 0 saturated heterocycles. The molecule has 0 saturated carbocycles. The fraction of sp³-hybridized carbons (Fsp3) is 0.565. The van der Waals surface area contributed by atoms with Crippen LogP contribution in [0.5, 0.6) is 0 Å². The zero-order valence-corrected chi connectivity index (χ0v) is 20.1. The molecule has 10 heteroatoms. The Bertz CT molecular complexity index is 818. The minimum absolute atomic E-state index is 0.162. The van der Waals surface area contributed by atoms with E-state index in [-0.39, 0.29) is 13.1 Å². The first kappa shape index (κ1) is 27.9. The lowest BCUT2D eigenvalue weighted by Crippen LogP contribution is -2.54. The van der Waals surface area contributed by atoms with E-state index in [1.165, 1.54) is 12.0 Å². The maximum Gasteiger partial charge on any atom is 0.408 e. The lowest BCUT2D eigenvalue weighted by molar-refractivity contribution is -0.145. The van der Waals surface area contributed by atoms with Gasteiger partial charge in [-0.05, 0) is 39.7 Å². The molecule has 1 aromatic carbocycles. The second-order valence-corrected chi connectivity index (χ2v) is 8.52. The van der Waals surface area contributed by atoms with Crippen LogP contribution < -0.4 is 10.6 Å². The molecular formula is C23H35N3O7.